The van der Waals surface area contributed by atoms with Gasteiger partial charge in [-0.1, -0.05) is 48.6 Å². The summed E-state index contributed by atoms with van der Waals surface area (Å²) >= 11 is 0. The second-order valence-electron chi connectivity index (χ2n) is 3.94. The van der Waals surface area contributed by atoms with Gasteiger partial charge in [0.15, 0.2) is 0 Å². The zero-order valence-corrected chi connectivity index (χ0v) is 10.0. The van der Waals surface area contributed by atoms with Crippen LogP contribution in [-0.4, -0.2) is 6.04 Å². The number of nitrogens with one attached hydrogen (secondary N) is 1. The van der Waals surface area contributed by atoms with Crippen LogP contribution in [0.2, 0.25) is 0 Å². The molecular weight excluding hydrogens is 218 g/mol. The van der Waals surface area contributed by atoms with Gasteiger partial charge in [-0.2, -0.15) is 0 Å². The highest BCUT2D eigenvalue weighted by molar-refractivity contribution is 5.24. The minimum absolute atomic E-state index is 0. The van der Waals surface area contributed by atoms with Gasteiger partial charge < -0.3 is 17.7 Å². The van der Waals surface area contributed by atoms with E-state index in [2.05, 4.69) is 54.4 Å². The fourth-order valence-corrected chi connectivity index (χ4v) is 1.99. The van der Waals surface area contributed by atoms with E-state index in [9.17, 15) is 0 Å². The van der Waals surface area contributed by atoms with E-state index in [0.717, 1.165) is 12.8 Å². The molecule has 0 fully saturated rings. The van der Waals surface area contributed by atoms with Gasteiger partial charge in [-0.15, -0.1) is 6.58 Å². The summed E-state index contributed by atoms with van der Waals surface area (Å²) < 4.78 is 0. The quantitative estimate of drug-likeness (QED) is 0.739. The molecule has 16 heavy (non-hydrogen) atoms. The minimum atomic E-state index is 0. The zero-order chi connectivity index (χ0) is 10.5. The SMILES string of the molecule is C=CCC1CC=CC(c2ccccc2)N1.[Cl-]. The number of halogens is 1. The van der Waals surface area contributed by atoms with E-state index < -0.39 is 0 Å². The first kappa shape index (κ1) is 13.0. The van der Waals surface area contributed by atoms with Crippen molar-refractivity contribution in [2.75, 3.05) is 0 Å². The topological polar surface area (TPSA) is 12.0 Å². The molecule has 86 valence electrons. The summed E-state index contributed by atoms with van der Waals surface area (Å²) in [6.07, 6.45) is 8.64. The summed E-state index contributed by atoms with van der Waals surface area (Å²) in [5, 5.41) is 3.61. The number of rotatable bonds is 3. The van der Waals surface area contributed by atoms with Crippen LogP contribution in [0.1, 0.15) is 24.4 Å². The second kappa shape index (κ2) is 6.51. The Balaban J connectivity index is 0.00000128. The Morgan fingerprint density at radius 1 is 1.31 bits per heavy atom. The van der Waals surface area contributed by atoms with Gasteiger partial charge >= 0.3 is 0 Å². The first-order valence-corrected chi connectivity index (χ1v) is 5.48. The Bertz CT molecular complexity index is 345. The van der Waals surface area contributed by atoms with Gasteiger partial charge in [0, 0.05) is 6.04 Å². The molecule has 1 aromatic rings. The number of hydrogen-bond acceptors (Lipinski definition) is 1. The van der Waals surface area contributed by atoms with E-state index in [-0.39, 0.29) is 12.4 Å². The van der Waals surface area contributed by atoms with Crippen molar-refractivity contribution in [2.45, 2.75) is 24.9 Å². The lowest BCUT2D eigenvalue weighted by atomic mass is 9.98. The van der Waals surface area contributed by atoms with E-state index >= 15 is 0 Å². The van der Waals surface area contributed by atoms with Crippen LogP contribution in [0.5, 0.6) is 0 Å². The Morgan fingerprint density at radius 2 is 2.06 bits per heavy atom. The summed E-state index contributed by atoms with van der Waals surface area (Å²) in [5.41, 5.74) is 1.34. The third-order valence-corrected chi connectivity index (χ3v) is 2.77. The third kappa shape index (κ3) is 3.22. The lowest BCUT2D eigenvalue weighted by Crippen LogP contribution is -3.00. The van der Waals surface area contributed by atoms with Crippen molar-refractivity contribution in [3.05, 3.63) is 60.7 Å². The van der Waals surface area contributed by atoms with E-state index in [0.29, 0.717) is 12.1 Å². The molecule has 1 aliphatic rings. The van der Waals surface area contributed by atoms with Crippen molar-refractivity contribution in [2.24, 2.45) is 0 Å². The van der Waals surface area contributed by atoms with Gasteiger partial charge in [-0.3, -0.25) is 0 Å². The molecule has 1 heterocycles. The molecule has 2 atom stereocenters. The van der Waals surface area contributed by atoms with Crippen LogP contribution in [0.4, 0.5) is 0 Å². The standard InChI is InChI=1S/C14H17N.ClH/c1-2-7-13-10-6-11-14(15-13)12-8-4-3-5-9-12;/h2-6,8-9,11,13-15H,1,7,10H2;1H/p-1. The summed E-state index contributed by atoms with van der Waals surface area (Å²) in [5.74, 6) is 0. The Hall–Kier alpha value is -1.05. The van der Waals surface area contributed by atoms with Crippen molar-refractivity contribution in [3.63, 3.8) is 0 Å². The molecule has 0 saturated heterocycles. The molecule has 0 aromatic heterocycles. The van der Waals surface area contributed by atoms with Gasteiger partial charge in [0.2, 0.25) is 0 Å². The molecule has 2 rings (SSSR count). The van der Waals surface area contributed by atoms with E-state index in [4.69, 9.17) is 0 Å². The van der Waals surface area contributed by atoms with Crippen LogP contribution in [0, 0.1) is 0 Å². The molecule has 0 bridgehead atoms. The third-order valence-electron chi connectivity index (χ3n) is 2.77. The summed E-state index contributed by atoms with van der Waals surface area (Å²) in [6, 6.07) is 11.5. The summed E-state index contributed by atoms with van der Waals surface area (Å²) in [6.45, 7) is 3.79. The molecular formula is C14H17ClN-. The molecule has 0 saturated carbocycles. The maximum Gasteiger partial charge on any atom is 0.0508 e. The average Bonchev–Trinajstić information content (AvgIpc) is 2.31. The van der Waals surface area contributed by atoms with Crippen LogP contribution in [0.15, 0.2) is 55.1 Å². The summed E-state index contributed by atoms with van der Waals surface area (Å²) in [7, 11) is 0. The van der Waals surface area contributed by atoms with Gasteiger partial charge in [-0.05, 0) is 18.4 Å². The van der Waals surface area contributed by atoms with Crippen molar-refractivity contribution < 1.29 is 12.4 Å². The van der Waals surface area contributed by atoms with Crippen molar-refractivity contribution >= 4 is 0 Å². The molecule has 1 aromatic carbocycles. The van der Waals surface area contributed by atoms with Crippen LogP contribution in [0.3, 0.4) is 0 Å². The molecule has 0 radical (unpaired) electrons. The first-order chi connectivity index (χ1) is 7.40. The van der Waals surface area contributed by atoms with Crippen LogP contribution in [-0.2, 0) is 0 Å². The summed E-state index contributed by atoms with van der Waals surface area (Å²) in [4.78, 5) is 0. The van der Waals surface area contributed by atoms with Crippen molar-refractivity contribution in [3.8, 4) is 0 Å². The average molecular weight is 235 g/mol. The van der Waals surface area contributed by atoms with Crippen molar-refractivity contribution in [1.82, 2.24) is 5.32 Å². The predicted molar refractivity (Wildman–Crippen MR) is 64.7 cm³/mol. The van der Waals surface area contributed by atoms with Gasteiger partial charge in [-0.25, -0.2) is 0 Å². The Labute approximate surface area is 104 Å². The molecule has 0 aliphatic carbocycles. The molecule has 1 N–H and O–H groups in total. The first-order valence-electron chi connectivity index (χ1n) is 5.48. The molecule has 0 amide bonds. The molecule has 1 aliphatic heterocycles. The Kier molecular flexibility index (Phi) is 5.30. The van der Waals surface area contributed by atoms with Gasteiger partial charge in [0.25, 0.3) is 0 Å². The lowest BCUT2D eigenvalue weighted by Gasteiger charge is -2.26. The molecule has 2 unspecified atom stereocenters. The molecule has 0 spiro atoms. The molecule has 2 heteroatoms. The molecule has 1 nitrogen and oxygen atoms in total. The second-order valence-corrected chi connectivity index (χ2v) is 3.94. The van der Waals surface area contributed by atoms with Crippen LogP contribution in [0.25, 0.3) is 0 Å². The highest BCUT2D eigenvalue weighted by Crippen LogP contribution is 2.20. The monoisotopic (exact) mass is 234 g/mol. The number of benzene rings is 1. The maximum absolute atomic E-state index is 3.79. The van der Waals surface area contributed by atoms with Crippen molar-refractivity contribution in [1.29, 1.82) is 0 Å². The van der Waals surface area contributed by atoms with Crippen LogP contribution >= 0.6 is 0 Å². The van der Waals surface area contributed by atoms with E-state index in [1.165, 1.54) is 5.56 Å². The lowest BCUT2D eigenvalue weighted by molar-refractivity contribution is -0.00000314. The smallest absolute Gasteiger partial charge is 0.0508 e. The highest BCUT2D eigenvalue weighted by atomic mass is 35.5. The minimum Gasteiger partial charge on any atom is -1.00 e. The largest absolute Gasteiger partial charge is 1.00 e. The van der Waals surface area contributed by atoms with E-state index in [1.807, 2.05) is 6.08 Å². The highest BCUT2D eigenvalue weighted by Gasteiger charge is 2.16. The van der Waals surface area contributed by atoms with E-state index in [1.54, 1.807) is 0 Å². The predicted octanol–water partition coefficient (Wildman–Crippen LogP) is 0.226. The maximum atomic E-state index is 3.79. The Morgan fingerprint density at radius 3 is 2.75 bits per heavy atom. The van der Waals surface area contributed by atoms with Gasteiger partial charge in [0.1, 0.15) is 0 Å². The zero-order valence-electron chi connectivity index (χ0n) is 9.27. The van der Waals surface area contributed by atoms with Crippen LogP contribution < -0.4 is 17.7 Å². The fraction of sp³-hybridized carbons (Fsp3) is 0.286. The normalized spacial score (nSPS) is 23.5. The van der Waals surface area contributed by atoms with Gasteiger partial charge in [0.05, 0.1) is 6.04 Å². The number of hydrogen-bond donors (Lipinski definition) is 1. The fourth-order valence-electron chi connectivity index (χ4n) is 1.99.